The van der Waals surface area contributed by atoms with Crippen LogP contribution in [0.3, 0.4) is 0 Å². The Hall–Kier alpha value is -3.61. The maximum Gasteiger partial charge on any atom is 0.407 e. The van der Waals surface area contributed by atoms with E-state index in [0.29, 0.717) is 18.3 Å². The molecule has 2 aliphatic rings. The third-order valence-corrected chi connectivity index (χ3v) is 11.9. The van der Waals surface area contributed by atoms with Crippen molar-refractivity contribution >= 4 is 30.0 Å². The Labute approximate surface area is 338 Å². The highest BCUT2D eigenvalue weighted by Gasteiger charge is 2.32. The zero-order valence-corrected chi connectivity index (χ0v) is 37.0. The maximum absolute atomic E-state index is 12.0. The van der Waals surface area contributed by atoms with Gasteiger partial charge in [-0.15, -0.1) is 0 Å². The average Bonchev–Trinajstić information content (AvgIpc) is 3.07. The summed E-state index contributed by atoms with van der Waals surface area (Å²) >= 11 is 1.92. The fourth-order valence-corrected chi connectivity index (χ4v) is 8.55. The van der Waals surface area contributed by atoms with Gasteiger partial charge < -0.3 is 15.2 Å². The number of carbonyl (C=O) groups is 1. The van der Waals surface area contributed by atoms with Crippen molar-refractivity contribution in [2.45, 2.75) is 133 Å². The minimum atomic E-state index is -0.488. The van der Waals surface area contributed by atoms with E-state index >= 15 is 0 Å². The van der Waals surface area contributed by atoms with Crippen molar-refractivity contribution in [3.63, 3.8) is 0 Å². The van der Waals surface area contributed by atoms with Crippen LogP contribution in [0.5, 0.6) is 0 Å². The lowest BCUT2D eigenvalue weighted by Gasteiger charge is -2.37. The number of hydrogen-bond acceptors (Lipinski definition) is 4. The Bertz CT molecular complexity index is 1770. The summed E-state index contributed by atoms with van der Waals surface area (Å²) in [5.41, 5.74) is 11.4. The van der Waals surface area contributed by atoms with Crippen LogP contribution in [0.1, 0.15) is 126 Å². The molecule has 3 rings (SSSR count). The van der Waals surface area contributed by atoms with Crippen molar-refractivity contribution < 1.29 is 19.2 Å². The zero-order chi connectivity index (χ0) is 40.8. The van der Waals surface area contributed by atoms with Gasteiger partial charge in [-0.05, 0) is 121 Å². The van der Waals surface area contributed by atoms with Crippen LogP contribution in [-0.4, -0.2) is 41.0 Å². The van der Waals surface area contributed by atoms with E-state index in [-0.39, 0.29) is 23.5 Å². The third kappa shape index (κ3) is 15.5. The van der Waals surface area contributed by atoms with E-state index in [4.69, 9.17) is 4.74 Å². The molecule has 0 spiro atoms. The molecule has 0 fully saturated rings. The van der Waals surface area contributed by atoms with Crippen molar-refractivity contribution in [3.8, 4) is 0 Å². The lowest BCUT2D eigenvalue weighted by Crippen LogP contribution is -2.38. The van der Waals surface area contributed by atoms with Crippen LogP contribution in [0.15, 0.2) is 112 Å². The molecule has 1 atom stereocenters. The monoisotopic (exact) mass is 768 g/mol. The molecule has 0 saturated heterocycles. The topological polar surface area (TPSA) is 62.4 Å². The summed E-state index contributed by atoms with van der Waals surface area (Å²) in [6.07, 6.45) is 31.8. The number of thioether (sulfide) groups is 1. The summed E-state index contributed by atoms with van der Waals surface area (Å²) in [4.78, 5) is 12.0. The van der Waals surface area contributed by atoms with Crippen molar-refractivity contribution in [3.05, 3.63) is 123 Å². The van der Waals surface area contributed by atoms with Crippen molar-refractivity contribution in [2.75, 3.05) is 18.9 Å². The molecular formula is C49H71N2O3S+. The van der Waals surface area contributed by atoms with Gasteiger partial charge >= 0.3 is 6.09 Å². The number of rotatable bonds is 15. The molecule has 1 unspecified atom stereocenters. The SMILES string of the molecule is CC1=C(/C=C/C(C)=C/C=C/C(C)=C/c2cc(/C=C/C=C(C)/C=C/C3=C(C)C(SCCNC(=O)OC(C)(C)C)CCC3(C)C)cc[n+]2CCO)C(C)(C)CCC1. The Balaban J connectivity index is 1.68. The second-order valence-corrected chi connectivity index (χ2v) is 18.9. The van der Waals surface area contributed by atoms with Crippen LogP contribution in [0.25, 0.3) is 12.2 Å². The van der Waals surface area contributed by atoms with Crippen LogP contribution < -0.4 is 9.88 Å². The predicted molar refractivity (Wildman–Crippen MR) is 238 cm³/mol. The second-order valence-electron chi connectivity index (χ2n) is 17.6. The van der Waals surface area contributed by atoms with Crippen LogP contribution in [-0.2, 0) is 11.3 Å². The van der Waals surface area contributed by atoms with E-state index in [1.165, 1.54) is 52.7 Å². The highest BCUT2D eigenvalue weighted by molar-refractivity contribution is 8.00. The number of hydrogen-bond donors (Lipinski definition) is 2. The van der Waals surface area contributed by atoms with E-state index in [1.807, 2.05) is 32.5 Å². The van der Waals surface area contributed by atoms with Crippen LogP contribution >= 0.6 is 11.8 Å². The first-order valence-corrected chi connectivity index (χ1v) is 21.2. The largest absolute Gasteiger partial charge is 0.444 e. The fraction of sp³-hybridized carbons (Fsp3) is 0.510. The molecule has 5 nitrogen and oxygen atoms in total. The quantitative estimate of drug-likeness (QED) is 0.106. The van der Waals surface area contributed by atoms with Gasteiger partial charge in [0.2, 0.25) is 5.69 Å². The van der Waals surface area contributed by atoms with Gasteiger partial charge in [-0.1, -0.05) is 111 Å². The Morgan fingerprint density at radius 2 is 1.60 bits per heavy atom. The van der Waals surface area contributed by atoms with Gasteiger partial charge in [0.05, 0.1) is 0 Å². The summed E-state index contributed by atoms with van der Waals surface area (Å²) in [5, 5.41) is 13.1. The van der Waals surface area contributed by atoms with E-state index in [1.54, 1.807) is 0 Å². The highest BCUT2D eigenvalue weighted by Crippen LogP contribution is 2.44. The van der Waals surface area contributed by atoms with E-state index in [9.17, 15) is 9.90 Å². The molecule has 1 heterocycles. The third-order valence-electron chi connectivity index (χ3n) is 10.5. The average molecular weight is 768 g/mol. The lowest BCUT2D eigenvalue weighted by atomic mass is 9.72. The van der Waals surface area contributed by atoms with Crippen LogP contribution in [0.2, 0.25) is 0 Å². The highest BCUT2D eigenvalue weighted by atomic mass is 32.2. The molecule has 300 valence electrons. The molecule has 6 heteroatoms. The Morgan fingerprint density at radius 3 is 2.25 bits per heavy atom. The standard InChI is InChI=1S/C49H70N2O3S/c1-36(21-23-43-39(4)19-15-27-48(43,9)10)16-13-18-38(3)34-42-35-41(26-30-51(42)31-32-52)20-14-17-37(2)22-24-44-40(5)45(25-28-49(44,11)12)55-33-29-50-46(53)54-47(6,7)8/h13-14,16-18,20-24,26,30,34-35,45,52H,15,19,25,27-29,31-33H2,1-12H3/p+1/b18-13+,20-14+,23-21+,24-22+,36-16+,37-17+,38-34+. The van der Waals surface area contributed by atoms with Crippen LogP contribution in [0.4, 0.5) is 4.79 Å². The van der Waals surface area contributed by atoms with Crippen LogP contribution in [0, 0.1) is 10.8 Å². The number of allylic oxidation sites excluding steroid dienone is 15. The molecule has 0 aliphatic heterocycles. The number of carbonyl (C=O) groups excluding carboxylic acids is 1. The zero-order valence-electron chi connectivity index (χ0n) is 36.1. The van der Waals surface area contributed by atoms with E-state index in [0.717, 1.165) is 35.4 Å². The van der Waals surface area contributed by atoms with Gasteiger partial charge in [-0.3, -0.25) is 0 Å². The minimum Gasteiger partial charge on any atom is -0.444 e. The number of amides is 1. The summed E-state index contributed by atoms with van der Waals surface area (Å²) < 4.78 is 7.46. The first-order valence-electron chi connectivity index (χ1n) is 20.2. The van der Waals surface area contributed by atoms with Gasteiger partial charge in [0.25, 0.3) is 0 Å². The van der Waals surface area contributed by atoms with Crippen molar-refractivity contribution in [1.29, 1.82) is 0 Å². The Morgan fingerprint density at radius 1 is 0.945 bits per heavy atom. The normalized spacial score (nSPS) is 20.2. The molecule has 0 bridgehead atoms. The summed E-state index contributed by atoms with van der Waals surface area (Å²) in [6.45, 7) is 27.2. The molecule has 2 aliphatic carbocycles. The van der Waals surface area contributed by atoms with Gasteiger partial charge in [-0.2, -0.15) is 16.3 Å². The maximum atomic E-state index is 12.0. The summed E-state index contributed by atoms with van der Waals surface area (Å²) in [5.74, 6) is 0.849. The molecule has 1 amide bonds. The number of pyridine rings is 1. The molecule has 1 aromatic rings. The molecule has 0 saturated carbocycles. The number of aliphatic hydroxyl groups excluding tert-OH is 1. The molecular weight excluding hydrogens is 697 g/mol. The number of nitrogens with zero attached hydrogens (tertiary/aromatic N) is 1. The van der Waals surface area contributed by atoms with Gasteiger partial charge in [0.15, 0.2) is 12.7 Å². The molecule has 0 radical (unpaired) electrons. The number of nitrogens with one attached hydrogen (secondary N) is 1. The molecule has 55 heavy (non-hydrogen) atoms. The fourth-order valence-electron chi connectivity index (χ4n) is 7.38. The summed E-state index contributed by atoms with van der Waals surface area (Å²) in [6, 6.07) is 4.27. The first-order chi connectivity index (χ1) is 25.8. The number of alkyl carbamates (subject to hydrolysis) is 1. The predicted octanol–water partition coefficient (Wildman–Crippen LogP) is 12.2. The Kier molecular flexibility index (Phi) is 17.5. The number of ether oxygens (including phenoxy) is 1. The van der Waals surface area contributed by atoms with E-state index in [2.05, 4.69) is 157 Å². The van der Waals surface area contributed by atoms with Crippen molar-refractivity contribution in [2.24, 2.45) is 10.8 Å². The minimum absolute atomic E-state index is 0.0856. The second kappa shape index (κ2) is 21.1. The van der Waals surface area contributed by atoms with Gasteiger partial charge in [0, 0.05) is 35.8 Å². The summed E-state index contributed by atoms with van der Waals surface area (Å²) in [7, 11) is 0. The number of aromatic nitrogens is 1. The molecule has 2 N–H and O–H groups in total. The van der Waals surface area contributed by atoms with Gasteiger partial charge in [0.1, 0.15) is 12.2 Å². The number of aliphatic hydroxyl groups is 1. The molecule has 1 aromatic heterocycles. The first kappa shape index (κ1) is 45.8. The van der Waals surface area contributed by atoms with Gasteiger partial charge in [-0.25, -0.2) is 4.79 Å². The lowest BCUT2D eigenvalue weighted by molar-refractivity contribution is -0.699. The van der Waals surface area contributed by atoms with E-state index < -0.39 is 5.60 Å². The smallest absolute Gasteiger partial charge is 0.407 e. The molecule has 0 aromatic carbocycles. The van der Waals surface area contributed by atoms with Crippen molar-refractivity contribution in [1.82, 2.24) is 5.32 Å².